The molecule has 3 aromatic carbocycles. The molecule has 1 amide bonds. The van der Waals surface area contributed by atoms with Crippen LogP contribution in [0.1, 0.15) is 15.9 Å². The normalized spacial score (nSPS) is 10.7. The van der Waals surface area contributed by atoms with E-state index in [-0.39, 0.29) is 17.0 Å². The number of aryl methyl sites for hydroxylation is 1. The Kier molecular flexibility index (Phi) is 6.50. The number of hydrogen-bond acceptors (Lipinski definition) is 7. The van der Waals surface area contributed by atoms with E-state index in [4.69, 9.17) is 14.6 Å². The van der Waals surface area contributed by atoms with Gasteiger partial charge in [-0.15, -0.1) is 4.68 Å². The zero-order valence-electron chi connectivity index (χ0n) is 19.4. The second kappa shape index (κ2) is 9.70. The largest absolute Gasteiger partial charge is 0.494 e. The minimum Gasteiger partial charge on any atom is -0.494 e. The van der Waals surface area contributed by atoms with Crippen LogP contribution in [0.4, 0.5) is 14.9 Å². The average molecular weight is 493 g/mol. The molecule has 11 nitrogen and oxygen atoms in total. The number of benzene rings is 3. The molecule has 0 radical (unpaired) electrons. The molecule has 1 heterocycles. The summed E-state index contributed by atoms with van der Waals surface area (Å²) < 4.78 is 26.5. The van der Waals surface area contributed by atoms with Gasteiger partial charge < -0.3 is 14.6 Å². The highest BCUT2D eigenvalue weighted by Gasteiger charge is 2.24. The van der Waals surface area contributed by atoms with Crippen molar-refractivity contribution in [3.8, 4) is 22.9 Å². The van der Waals surface area contributed by atoms with Crippen molar-refractivity contribution in [3.63, 3.8) is 0 Å². The number of anilines is 1. The first-order valence-electron chi connectivity index (χ1n) is 10.5. The molecular formula is C24H20FN5O6. The molecule has 4 aromatic rings. The molecular weight excluding hydrogens is 473 g/mol. The zero-order chi connectivity index (χ0) is 26.0. The van der Waals surface area contributed by atoms with Gasteiger partial charge in [0.15, 0.2) is 5.82 Å². The number of amides is 1. The Bertz CT molecular complexity index is 1510. The number of ether oxygens (including phenoxy) is 2. The van der Waals surface area contributed by atoms with Crippen molar-refractivity contribution in [1.82, 2.24) is 19.8 Å². The van der Waals surface area contributed by atoms with Crippen LogP contribution >= 0.6 is 0 Å². The molecule has 0 spiro atoms. The Balaban J connectivity index is 1.62. The van der Waals surface area contributed by atoms with Gasteiger partial charge >= 0.3 is 17.7 Å². The summed E-state index contributed by atoms with van der Waals surface area (Å²) in [5.41, 5.74) is -0.0463. The molecule has 0 unspecified atom stereocenters. The standard InChI is InChI=1S/C24H20FN5O6/c1-14-7-10-17(36-16-11-8-15(9-12-16)22(31)32)13-19(14)28(2)23(33)30-24(34)29(26-27-30)21-18(25)5-4-6-20(21)35-3/h4-13H,1-3H3,(H,31,32). The molecule has 0 saturated carbocycles. The lowest BCUT2D eigenvalue weighted by Crippen LogP contribution is -2.39. The summed E-state index contributed by atoms with van der Waals surface area (Å²) in [5, 5.41) is 16.3. The van der Waals surface area contributed by atoms with Gasteiger partial charge in [0.25, 0.3) is 0 Å². The van der Waals surface area contributed by atoms with Crippen LogP contribution in [0.25, 0.3) is 5.69 Å². The lowest BCUT2D eigenvalue weighted by molar-refractivity contribution is 0.0697. The molecule has 184 valence electrons. The predicted molar refractivity (Wildman–Crippen MR) is 126 cm³/mol. The van der Waals surface area contributed by atoms with Crippen molar-refractivity contribution in [1.29, 1.82) is 0 Å². The van der Waals surface area contributed by atoms with Crippen molar-refractivity contribution in [2.24, 2.45) is 0 Å². The van der Waals surface area contributed by atoms with Crippen molar-refractivity contribution in [3.05, 3.63) is 88.1 Å². The van der Waals surface area contributed by atoms with Crippen LogP contribution in [-0.2, 0) is 0 Å². The zero-order valence-corrected chi connectivity index (χ0v) is 19.4. The average Bonchev–Trinajstić information content (AvgIpc) is 3.25. The highest BCUT2D eigenvalue weighted by Crippen LogP contribution is 2.29. The number of nitrogens with zero attached hydrogens (tertiary/aromatic N) is 5. The van der Waals surface area contributed by atoms with E-state index in [1.807, 2.05) is 0 Å². The summed E-state index contributed by atoms with van der Waals surface area (Å²) in [5.74, 6) is -1.03. The molecule has 1 aromatic heterocycles. The topological polar surface area (TPSA) is 129 Å². The van der Waals surface area contributed by atoms with Gasteiger partial charge in [-0.1, -0.05) is 12.1 Å². The molecule has 12 heteroatoms. The fraction of sp³-hybridized carbons (Fsp3) is 0.125. The summed E-state index contributed by atoms with van der Waals surface area (Å²) in [4.78, 5) is 38.2. The maximum Gasteiger partial charge on any atom is 0.377 e. The van der Waals surface area contributed by atoms with Crippen LogP contribution in [0, 0.1) is 12.7 Å². The Labute approximate surface area is 203 Å². The second-order valence-corrected chi connectivity index (χ2v) is 7.60. The summed E-state index contributed by atoms with van der Waals surface area (Å²) >= 11 is 0. The maximum atomic E-state index is 14.4. The van der Waals surface area contributed by atoms with Gasteiger partial charge in [0, 0.05) is 13.1 Å². The number of halogens is 1. The third-order valence-corrected chi connectivity index (χ3v) is 5.31. The van der Waals surface area contributed by atoms with Gasteiger partial charge in [0.2, 0.25) is 0 Å². The Morgan fingerprint density at radius 1 is 1.03 bits per heavy atom. The van der Waals surface area contributed by atoms with Gasteiger partial charge in [-0.2, -0.15) is 4.68 Å². The van der Waals surface area contributed by atoms with Crippen LogP contribution in [0.3, 0.4) is 0 Å². The Morgan fingerprint density at radius 2 is 1.72 bits per heavy atom. The Morgan fingerprint density at radius 3 is 2.39 bits per heavy atom. The first-order valence-corrected chi connectivity index (χ1v) is 10.5. The summed E-state index contributed by atoms with van der Waals surface area (Å²) in [7, 11) is 2.75. The summed E-state index contributed by atoms with van der Waals surface area (Å²) in [6, 6.07) is 13.9. The number of para-hydroxylation sites is 1. The molecule has 0 saturated heterocycles. The molecule has 0 aliphatic carbocycles. The van der Waals surface area contributed by atoms with Gasteiger partial charge in [-0.3, -0.25) is 4.90 Å². The van der Waals surface area contributed by atoms with E-state index < -0.39 is 23.5 Å². The first kappa shape index (κ1) is 24.1. The number of aromatic nitrogens is 4. The van der Waals surface area contributed by atoms with Crippen molar-refractivity contribution < 1.29 is 28.6 Å². The van der Waals surface area contributed by atoms with Crippen molar-refractivity contribution in [2.45, 2.75) is 6.92 Å². The van der Waals surface area contributed by atoms with Crippen molar-refractivity contribution >= 4 is 17.7 Å². The van der Waals surface area contributed by atoms with Crippen molar-refractivity contribution in [2.75, 3.05) is 19.1 Å². The third kappa shape index (κ3) is 4.51. The van der Waals surface area contributed by atoms with Gasteiger partial charge in [0.05, 0.1) is 18.4 Å². The molecule has 1 N–H and O–H groups in total. The molecule has 0 fully saturated rings. The van der Waals surface area contributed by atoms with Gasteiger partial charge in [-0.05, 0) is 65.4 Å². The number of carbonyl (C=O) groups excluding carboxylic acids is 1. The van der Waals surface area contributed by atoms with Gasteiger partial charge in [0.1, 0.15) is 22.9 Å². The molecule has 4 rings (SSSR count). The molecule has 0 aliphatic heterocycles. The van der Waals surface area contributed by atoms with E-state index in [2.05, 4.69) is 10.4 Å². The number of methoxy groups -OCH3 is 1. The van der Waals surface area contributed by atoms with Crippen LogP contribution in [-0.4, -0.2) is 51.1 Å². The quantitative estimate of drug-likeness (QED) is 0.404. The summed E-state index contributed by atoms with van der Waals surface area (Å²) in [6.45, 7) is 1.76. The first-order chi connectivity index (χ1) is 17.2. The summed E-state index contributed by atoms with van der Waals surface area (Å²) in [6.07, 6.45) is 0. The number of rotatable bonds is 6. The van der Waals surface area contributed by atoms with Crippen LogP contribution in [0.15, 0.2) is 65.5 Å². The minimum absolute atomic E-state index is 0.0436. The van der Waals surface area contributed by atoms with E-state index in [0.29, 0.717) is 32.1 Å². The SMILES string of the molecule is COc1cccc(F)c1-n1nnn(C(=O)N(C)c2cc(Oc3ccc(C(=O)O)cc3)ccc2C)c1=O. The highest BCUT2D eigenvalue weighted by atomic mass is 19.1. The maximum absolute atomic E-state index is 14.4. The number of carboxylic acid groups (broad SMARTS) is 1. The van der Waals surface area contributed by atoms with Crippen LogP contribution < -0.4 is 20.1 Å². The Hall–Kier alpha value is -5.00. The molecule has 36 heavy (non-hydrogen) atoms. The van der Waals surface area contributed by atoms with E-state index in [0.717, 1.165) is 6.07 Å². The number of carbonyl (C=O) groups is 2. The number of aromatic carboxylic acids is 1. The van der Waals surface area contributed by atoms with E-state index in [9.17, 15) is 18.8 Å². The molecule has 0 aliphatic rings. The van der Waals surface area contributed by atoms with E-state index in [1.54, 1.807) is 25.1 Å². The molecule has 0 atom stereocenters. The smallest absolute Gasteiger partial charge is 0.377 e. The van der Waals surface area contributed by atoms with Crippen LogP contribution in [0.2, 0.25) is 0 Å². The number of hydrogen-bond donors (Lipinski definition) is 1. The van der Waals surface area contributed by atoms with Gasteiger partial charge in [-0.25, -0.2) is 18.8 Å². The third-order valence-electron chi connectivity index (χ3n) is 5.31. The second-order valence-electron chi connectivity index (χ2n) is 7.60. The van der Waals surface area contributed by atoms with E-state index in [1.165, 1.54) is 55.5 Å². The minimum atomic E-state index is -1.06. The fourth-order valence-corrected chi connectivity index (χ4v) is 3.43. The lowest BCUT2D eigenvalue weighted by atomic mass is 10.1. The monoisotopic (exact) mass is 493 g/mol. The fourth-order valence-electron chi connectivity index (χ4n) is 3.43. The number of tetrazole rings is 1. The highest BCUT2D eigenvalue weighted by molar-refractivity contribution is 5.93. The number of carboxylic acids is 1. The molecule has 0 bridgehead atoms. The lowest BCUT2D eigenvalue weighted by Gasteiger charge is -2.19. The van der Waals surface area contributed by atoms with E-state index >= 15 is 0 Å². The van der Waals surface area contributed by atoms with Crippen LogP contribution in [0.5, 0.6) is 17.2 Å². The predicted octanol–water partition coefficient (Wildman–Crippen LogP) is 3.48.